The van der Waals surface area contributed by atoms with Crippen molar-refractivity contribution < 1.29 is 14.7 Å². The van der Waals surface area contributed by atoms with Gasteiger partial charge in [0, 0.05) is 18.3 Å². The second kappa shape index (κ2) is 6.19. The largest absolute Gasteiger partial charge is 0.478 e. The van der Waals surface area contributed by atoms with Crippen LogP contribution in [0.2, 0.25) is 0 Å². The lowest BCUT2D eigenvalue weighted by Gasteiger charge is -2.25. The third kappa shape index (κ3) is 3.96. The lowest BCUT2D eigenvalue weighted by molar-refractivity contribution is -0.119. The van der Waals surface area contributed by atoms with Gasteiger partial charge in [-0.05, 0) is 25.5 Å². The zero-order chi connectivity index (χ0) is 14.6. The molecule has 0 heterocycles. The Kier molecular flexibility index (Phi) is 4.88. The van der Waals surface area contributed by atoms with Crippen LogP contribution in [0.1, 0.15) is 29.8 Å². The Bertz CT molecular complexity index is 486. The molecule has 0 bridgehead atoms. The molecular weight excluding hydrogens is 246 g/mol. The van der Waals surface area contributed by atoms with E-state index >= 15 is 0 Å². The second-order valence-electron chi connectivity index (χ2n) is 4.65. The molecule has 1 amide bonds. The molecule has 1 aromatic carbocycles. The summed E-state index contributed by atoms with van der Waals surface area (Å²) in [5, 5.41) is 9.19. The summed E-state index contributed by atoms with van der Waals surface area (Å²) in [6.45, 7) is 4.21. The highest BCUT2D eigenvalue weighted by molar-refractivity contribution is 5.95. The fraction of sp³-hybridized carbons (Fsp3) is 0.385. The number of nitrogens with two attached hydrogens (primary N) is 2. The predicted molar refractivity (Wildman–Crippen MR) is 72.6 cm³/mol. The minimum absolute atomic E-state index is 0.0653. The first-order chi connectivity index (χ1) is 8.82. The average Bonchev–Trinajstić information content (AvgIpc) is 2.26. The van der Waals surface area contributed by atoms with Gasteiger partial charge in [-0.25, -0.2) is 4.79 Å². The van der Waals surface area contributed by atoms with E-state index in [1.165, 1.54) is 0 Å². The summed E-state index contributed by atoms with van der Waals surface area (Å²) < 4.78 is 0. The van der Waals surface area contributed by atoms with E-state index in [-0.39, 0.29) is 23.8 Å². The second-order valence-corrected chi connectivity index (χ2v) is 4.65. The highest BCUT2D eigenvalue weighted by Crippen LogP contribution is 2.19. The molecule has 6 nitrogen and oxygen atoms in total. The van der Waals surface area contributed by atoms with Crippen molar-refractivity contribution in [3.05, 3.63) is 29.3 Å². The molecule has 0 saturated carbocycles. The fourth-order valence-corrected chi connectivity index (χ4v) is 1.85. The number of hydrogen-bond acceptors (Lipinski definition) is 4. The molecule has 1 aromatic rings. The maximum absolute atomic E-state index is 11.2. The summed E-state index contributed by atoms with van der Waals surface area (Å²) in [7, 11) is 0. The lowest BCUT2D eigenvalue weighted by atomic mass is 10.0. The maximum Gasteiger partial charge on any atom is 0.338 e. The van der Waals surface area contributed by atoms with Crippen LogP contribution in [0.5, 0.6) is 0 Å². The van der Waals surface area contributed by atoms with E-state index in [4.69, 9.17) is 11.5 Å². The van der Waals surface area contributed by atoms with E-state index in [0.717, 1.165) is 0 Å². The Hall–Kier alpha value is -2.08. The number of nitrogens with zero attached hydrogens (tertiary/aromatic N) is 1. The van der Waals surface area contributed by atoms with Gasteiger partial charge in [-0.15, -0.1) is 0 Å². The molecule has 0 saturated heterocycles. The molecule has 0 fully saturated rings. The number of amides is 1. The van der Waals surface area contributed by atoms with Crippen LogP contribution < -0.4 is 11.5 Å². The van der Waals surface area contributed by atoms with Gasteiger partial charge in [0.15, 0.2) is 0 Å². The Morgan fingerprint density at radius 2 is 2.00 bits per heavy atom. The van der Waals surface area contributed by atoms with Crippen molar-refractivity contribution in [3.8, 4) is 0 Å². The van der Waals surface area contributed by atoms with Crippen LogP contribution >= 0.6 is 0 Å². The van der Waals surface area contributed by atoms with E-state index in [0.29, 0.717) is 12.1 Å². The van der Waals surface area contributed by atoms with Crippen LogP contribution in [0, 0.1) is 0 Å². The van der Waals surface area contributed by atoms with Gasteiger partial charge in [0.2, 0.25) is 5.91 Å². The standard InChI is InChI=1S/C13H19N3O3/c1-8(2)16(7-11(15)17)6-9-4-3-5-10(14)12(9)13(18)19/h3-5,8H,6-7,14H2,1-2H3,(H2,15,17)(H,18,19). The summed E-state index contributed by atoms with van der Waals surface area (Å²) in [5.41, 5.74) is 11.7. The quantitative estimate of drug-likeness (QED) is 0.655. The van der Waals surface area contributed by atoms with Crippen LogP contribution in [-0.2, 0) is 11.3 Å². The molecule has 0 atom stereocenters. The number of hydrogen-bond donors (Lipinski definition) is 3. The first-order valence-corrected chi connectivity index (χ1v) is 5.96. The third-order valence-corrected chi connectivity index (χ3v) is 2.86. The molecule has 0 aliphatic rings. The van der Waals surface area contributed by atoms with Crippen LogP contribution in [-0.4, -0.2) is 34.5 Å². The van der Waals surface area contributed by atoms with Crippen molar-refractivity contribution in [3.63, 3.8) is 0 Å². The van der Waals surface area contributed by atoms with Crippen molar-refractivity contribution in [2.24, 2.45) is 5.73 Å². The van der Waals surface area contributed by atoms with E-state index in [1.807, 2.05) is 13.8 Å². The van der Waals surface area contributed by atoms with Gasteiger partial charge in [-0.3, -0.25) is 9.69 Å². The number of carboxylic acid groups (broad SMARTS) is 1. The number of carbonyl (C=O) groups excluding carboxylic acids is 1. The van der Waals surface area contributed by atoms with Crippen molar-refractivity contribution in [2.75, 3.05) is 12.3 Å². The monoisotopic (exact) mass is 265 g/mol. The highest BCUT2D eigenvalue weighted by atomic mass is 16.4. The first-order valence-electron chi connectivity index (χ1n) is 5.96. The fourth-order valence-electron chi connectivity index (χ4n) is 1.85. The van der Waals surface area contributed by atoms with Crippen LogP contribution in [0.25, 0.3) is 0 Å². The molecule has 0 aromatic heterocycles. The third-order valence-electron chi connectivity index (χ3n) is 2.86. The van der Waals surface area contributed by atoms with Gasteiger partial charge in [0.05, 0.1) is 12.1 Å². The van der Waals surface area contributed by atoms with Crippen LogP contribution in [0.3, 0.4) is 0 Å². The summed E-state index contributed by atoms with van der Waals surface area (Å²) in [5.74, 6) is -1.52. The number of anilines is 1. The van der Waals surface area contributed by atoms with Crippen molar-refractivity contribution in [2.45, 2.75) is 26.4 Å². The van der Waals surface area contributed by atoms with Gasteiger partial charge in [-0.1, -0.05) is 12.1 Å². The molecule has 0 radical (unpaired) electrons. The first kappa shape index (κ1) is 15.0. The number of aromatic carboxylic acids is 1. The Morgan fingerprint density at radius 1 is 1.37 bits per heavy atom. The molecule has 1 rings (SSSR count). The Morgan fingerprint density at radius 3 is 2.47 bits per heavy atom. The summed E-state index contributed by atoms with van der Waals surface area (Å²) in [6.07, 6.45) is 0. The average molecular weight is 265 g/mol. The van der Waals surface area contributed by atoms with Crippen molar-refractivity contribution in [1.82, 2.24) is 4.90 Å². The molecule has 0 aliphatic carbocycles. The number of nitrogen functional groups attached to an aromatic ring is 1. The zero-order valence-electron chi connectivity index (χ0n) is 11.1. The van der Waals surface area contributed by atoms with Crippen LogP contribution in [0.15, 0.2) is 18.2 Å². The van der Waals surface area contributed by atoms with Gasteiger partial charge < -0.3 is 16.6 Å². The molecule has 0 spiro atoms. The molecule has 0 aliphatic heterocycles. The van der Waals surface area contributed by atoms with Crippen LogP contribution in [0.4, 0.5) is 5.69 Å². The van der Waals surface area contributed by atoms with Gasteiger partial charge in [-0.2, -0.15) is 0 Å². The SMILES string of the molecule is CC(C)N(CC(N)=O)Cc1cccc(N)c1C(=O)O. The molecule has 5 N–H and O–H groups in total. The van der Waals surface area contributed by atoms with E-state index < -0.39 is 11.9 Å². The number of carbonyl (C=O) groups is 2. The number of carboxylic acids is 1. The van der Waals surface area contributed by atoms with Gasteiger partial charge in [0.1, 0.15) is 0 Å². The number of primary amides is 1. The zero-order valence-corrected chi connectivity index (χ0v) is 11.1. The predicted octanol–water partition coefficient (Wildman–Crippen LogP) is 0.663. The lowest BCUT2D eigenvalue weighted by Crippen LogP contribution is -2.38. The van der Waals surface area contributed by atoms with Gasteiger partial charge in [0.25, 0.3) is 0 Å². The number of benzene rings is 1. The summed E-state index contributed by atoms with van der Waals surface area (Å²) >= 11 is 0. The minimum Gasteiger partial charge on any atom is -0.478 e. The molecule has 19 heavy (non-hydrogen) atoms. The van der Waals surface area contributed by atoms with Crippen molar-refractivity contribution >= 4 is 17.6 Å². The molecule has 0 unspecified atom stereocenters. The summed E-state index contributed by atoms with van der Waals surface area (Å²) in [4.78, 5) is 24.1. The van der Waals surface area contributed by atoms with Gasteiger partial charge >= 0.3 is 5.97 Å². The smallest absolute Gasteiger partial charge is 0.338 e. The topological polar surface area (TPSA) is 110 Å². The molecule has 104 valence electrons. The maximum atomic E-state index is 11.2. The molecule has 6 heteroatoms. The number of rotatable bonds is 6. The summed E-state index contributed by atoms with van der Waals surface area (Å²) in [6, 6.07) is 4.99. The van der Waals surface area contributed by atoms with E-state index in [1.54, 1.807) is 23.1 Å². The molecular formula is C13H19N3O3. The Labute approximate surface area is 112 Å². The van der Waals surface area contributed by atoms with E-state index in [9.17, 15) is 14.7 Å². The Balaban J connectivity index is 3.06. The minimum atomic E-state index is -1.07. The van der Waals surface area contributed by atoms with E-state index in [2.05, 4.69) is 0 Å². The normalized spacial score (nSPS) is 10.9. The highest BCUT2D eigenvalue weighted by Gasteiger charge is 2.18. The van der Waals surface area contributed by atoms with Crippen molar-refractivity contribution in [1.29, 1.82) is 0 Å².